The van der Waals surface area contributed by atoms with E-state index in [4.69, 9.17) is 4.74 Å². The van der Waals surface area contributed by atoms with Gasteiger partial charge in [-0.2, -0.15) is 0 Å². The maximum atomic E-state index is 5.10. The summed E-state index contributed by atoms with van der Waals surface area (Å²) in [4.78, 5) is 9.44. The van der Waals surface area contributed by atoms with Gasteiger partial charge in [-0.3, -0.25) is 0 Å². The Balaban J connectivity index is 0.000000213. The molecule has 0 aliphatic carbocycles. The van der Waals surface area contributed by atoms with Crippen LogP contribution in [0.1, 0.15) is 77.6 Å². The highest BCUT2D eigenvalue weighted by Crippen LogP contribution is 2.07. The minimum atomic E-state index is 0.796. The average molecular weight is 484 g/mol. The number of hydrogen-bond donors (Lipinski definition) is 1. The molecular formula is C28H61N5O. The molecule has 5 heterocycles. The Morgan fingerprint density at radius 1 is 0.500 bits per heavy atom. The Morgan fingerprint density at radius 2 is 0.853 bits per heavy atom. The van der Waals surface area contributed by atoms with Gasteiger partial charge < -0.3 is 29.7 Å². The zero-order valence-electron chi connectivity index (χ0n) is 23.8. The number of rotatable bonds is 0. The van der Waals surface area contributed by atoms with Gasteiger partial charge in [0.1, 0.15) is 0 Å². The predicted octanol–water partition coefficient (Wildman–Crippen LogP) is 4.01. The largest absolute Gasteiger partial charge is 0.379 e. The maximum Gasteiger partial charge on any atom is 0.0594 e. The Kier molecular flexibility index (Phi) is 20.6. The van der Waals surface area contributed by atoms with Crippen LogP contribution in [0.5, 0.6) is 0 Å². The highest BCUT2D eigenvalue weighted by molar-refractivity contribution is 4.67. The number of ether oxygens (including phenoxy) is 1. The van der Waals surface area contributed by atoms with Crippen molar-refractivity contribution in [1.29, 1.82) is 0 Å². The van der Waals surface area contributed by atoms with Crippen molar-refractivity contribution < 1.29 is 4.74 Å². The Bertz CT molecular complexity index is 377. The van der Waals surface area contributed by atoms with E-state index in [0.717, 1.165) is 32.3 Å². The van der Waals surface area contributed by atoms with E-state index >= 15 is 0 Å². The number of likely N-dealkylation sites (N-methyl/N-ethyl adjacent to an activating group) is 1. The van der Waals surface area contributed by atoms with Crippen LogP contribution in [0, 0.1) is 0 Å². The van der Waals surface area contributed by atoms with E-state index in [1.54, 1.807) is 0 Å². The topological polar surface area (TPSA) is 34.2 Å². The van der Waals surface area contributed by atoms with Crippen LogP contribution in [0.3, 0.4) is 0 Å². The molecule has 1 atom stereocenters. The second kappa shape index (κ2) is 22.0. The lowest BCUT2D eigenvalue weighted by molar-refractivity contribution is 0.0503. The molecule has 6 nitrogen and oxygen atoms in total. The molecule has 5 fully saturated rings. The third-order valence-corrected chi connectivity index (χ3v) is 7.28. The Labute approximate surface area is 213 Å². The van der Waals surface area contributed by atoms with Crippen LogP contribution >= 0.6 is 0 Å². The number of hydrogen-bond acceptors (Lipinski definition) is 6. The highest BCUT2D eigenvalue weighted by Gasteiger charge is 2.06. The smallest absolute Gasteiger partial charge is 0.0594 e. The van der Waals surface area contributed by atoms with E-state index in [9.17, 15) is 0 Å². The summed E-state index contributed by atoms with van der Waals surface area (Å²) in [5.74, 6) is 0. The van der Waals surface area contributed by atoms with E-state index in [-0.39, 0.29) is 0 Å². The summed E-state index contributed by atoms with van der Waals surface area (Å²) < 4.78 is 5.10. The van der Waals surface area contributed by atoms with Crippen LogP contribution in [-0.4, -0.2) is 126 Å². The molecule has 0 aromatic heterocycles. The molecule has 204 valence electrons. The van der Waals surface area contributed by atoms with Crippen molar-refractivity contribution in [1.82, 2.24) is 24.9 Å². The van der Waals surface area contributed by atoms with Crippen molar-refractivity contribution in [3.8, 4) is 0 Å². The first kappa shape index (κ1) is 31.8. The first-order valence-electron chi connectivity index (χ1n) is 14.5. The van der Waals surface area contributed by atoms with Crippen molar-refractivity contribution in [2.45, 2.75) is 83.6 Å². The van der Waals surface area contributed by atoms with Gasteiger partial charge in [0.15, 0.2) is 0 Å². The highest BCUT2D eigenvalue weighted by atomic mass is 16.5. The van der Waals surface area contributed by atoms with Crippen LogP contribution in [0.25, 0.3) is 0 Å². The van der Waals surface area contributed by atoms with Crippen LogP contribution in [0.4, 0.5) is 0 Å². The minimum Gasteiger partial charge on any atom is -0.379 e. The molecular weight excluding hydrogens is 422 g/mol. The van der Waals surface area contributed by atoms with Crippen LogP contribution < -0.4 is 5.32 Å². The lowest BCUT2D eigenvalue weighted by atomic mass is 10.1. The molecule has 1 unspecified atom stereocenters. The summed E-state index contributed by atoms with van der Waals surface area (Å²) in [7, 11) is 8.69. The predicted molar refractivity (Wildman–Crippen MR) is 149 cm³/mol. The van der Waals surface area contributed by atoms with Crippen molar-refractivity contribution in [3.05, 3.63) is 0 Å². The minimum absolute atomic E-state index is 0.796. The number of morpholine rings is 1. The van der Waals surface area contributed by atoms with Gasteiger partial charge in [-0.1, -0.05) is 19.3 Å². The lowest BCUT2D eigenvalue weighted by Gasteiger charge is -2.21. The molecule has 5 rings (SSSR count). The van der Waals surface area contributed by atoms with Crippen LogP contribution in [-0.2, 0) is 4.74 Å². The van der Waals surface area contributed by atoms with Gasteiger partial charge >= 0.3 is 0 Å². The van der Waals surface area contributed by atoms with Crippen LogP contribution in [0.15, 0.2) is 0 Å². The number of piperidine rings is 1. The van der Waals surface area contributed by atoms with Crippen molar-refractivity contribution in [2.24, 2.45) is 0 Å². The second-order valence-electron chi connectivity index (χ2n) is 11.0. The molecule has 5 saturated heterocycles. The zero-order valence-corrected chi connectivity index (χ0v) is 23.8. The summed E-state index contributed by atoms with van der Waals surface area (Å²) in [6.07, 6.45) is 15.6. The van der Waals surface area contributed by atoms with Crippen molar-refractivity contribution in [2.75, 3.05) is 100 Å². The molecule has 1 N–H and O–H groups in total. The number of nitrogens with zero attached hydrogens (tertiary/aromatic N) is 4. The quantitative estimate of drug-likeness (QED) is 0.561. The summed E-state index contributed by atoms with van der Waals surface area (Å²) in [5, 5.41) is 3.32. The first-order valence-corrected chi connectivity index (χ1v) is 14.5. The van der Waals surface area contributed by atoms with Gasteiger partial charge in [-0.25, -0.2) is 0 Å². The fourth-order valence-corrected chi connectivity index (χ4v) is 4.67. The van der Waals surface area contributed by atoms with Gasteiger partial charge in [0.05, 0.1) is 13.2 Å². The van der Waals surface area contributed by atoms with E-state index in [0.29, 0.717) is 0 Å². The molecule has 0 bridgehead atoms. The standard InChI is InChI=1S/C7H15N.C6H13N.C5H11NO.2C5H11N/c1-8-6-4-2-3-5-7-8;1-7-5-3-2-4-6-7;1-6-2-4-7-5-3-6;1-6-4-2-3-5-6;1-5-3-2-4-6-5/h2-7H2,1H3;2-6H2,1H3;2-5H2,1H3;2-5H2,1H3;5-6H,2-4H2,1H3. The first-order chi connectivity index (χ1) is 16.5. The van der Waals surface area contributed by atoms with E-state index in [1.807, 2.05) is 0 Å². The molecule has 0 amide bonds. The molecule has 0 saturated carbocycles. The SMILES string of the molecule is CC1CCCN1.CN1CCCC1.CN1CCCCC1.CN1CCCCCC1.CN1CCOCC1. The van der Waals surface area contributed by atoms with Gasteiger partial charge in [-0.05, 0) is 132 Å². The van der Waals surface area contributed by atoms with Crippen molar-refractivity contribution in [3.63, 3.8) is 0 Å². The normalized spacial score (nSPS) is 26.9. The molecule has 0 radical (unpaired) electrons. The Hall–Kier alpha value is -0.240. The number of nitrogens with one attached hydrogen (secondary N) is 1. The molecule has 0 spiro atoms. The fraction of sp³-hybridized carbons (Fsp3) is 1.00. The molecule has 0 aromatic rings. The third-order valence-electron chi connectivity index (χ3n) is 7.28. The van der Waals surface area contributed by atoms with E-state index in [1.165, 1.54) is 116 Å². The van der Waals surface area contributed by atoms with E-state index in [2.05, 4.69) is 60.0 Å². The summed E-state index contributed by atoms with van der Waals surface area (Å²) in [6, 6.07) is 0.796. The Morgan fingerprint density at radius 3 is 1.09 bits per heavy atom. The molecule has 6 heteroatoms. The lowest BCUT2D eigenvalue weighted by Crippen LogP contribution is -2.32. The summed E-state index contributed by atoms with van der Waals surface area (Å²) in [5.41, 5.74) is 0. The molecule has 34 heavy (non-hydrogen) atoms. The maximum absolute atomic E-state index is 5.10. The third kappa shape index (κ3) is 20.0. The van der Waals surface area contributed by atoms with E-state index < -0.39 is 0 Å². The molecule has 5 aliphatic heterocycles. The summed E-state index contributed by atoms with van der Waals surface area (Å²) >= 11 is 0. The average Bonchev–Trinajstić information content (AvgIpc) is 3.46. The van der Waals surface area contributed by atoms with Gasteiger partial charge in [-0.15, -0.1) is 0 Å². The second-order valence-corrected chi connectivity index (χ2v) is 11.0. The van der Waals surface area contributed by atoms with Crippen molar-refractivity contribution >= 4 is 0 Å². The van der Waals surface area contributed by atoms with Crippen LogP contribution in [0.2, 0.25) is 0 Å². The monoisotopic (exact) mass is 483 g/mol. The van der Waals surface area contributed by atoms with Gasteiger partial charge in [0, 0.05) is 19.1 Å². The molecule has 0 aromatic carbocycles. The fourth-order valence-electron chi connectivity index (χ4n) is 4.67. The van der Waals surface area contributed by atoms with Gasteiger partial charge in [0.2, 0.25) is 0 Å². The zero-order chi connectivity index (χ0) is 24.9. The number of likely N-dealkylation sites (tertiary alicyclic amines) is 3. The molecule has 5 aliphatic rings. The summed E-state index contributed by atoms with van der Waals surface area (Å²) in [6.45, 7) is 15.4. The van der Waals surface area contributed by atoms with Gasteiger partial charge in [0.25, 0.3) is 0 Å².